The van der Waals surface area contributed by atoms with Gasteiger partial charge in [-0.05, 0) is 18.8 Å². The van der Waals surface area contributed by atoms with Crippen molar-refractivity contribution in [1.82, 2.24) is 5.32 Å². The zero-order valence-electron chi connectivity index (χ0n) is 8.57. The number of carboxylic acid groups (broad SMARTS) is 1. The van der Waals surface area contributed by atoms with Crippen LogP contribution in [0, 0.1) is 11.8 Å². The number of carboxylic acids is 1. The van der Waals surface area contributed by atoms with Crippen LogP contribution >= 0.6 is 0 Å². The minimum atomic E-state index is -0.768. The van der Waals surface area contributed by atoms with Crippen LogP contribution in [0.15, 0.2) is 0 Å². The van der Waals surface area contributed by atoms with Gasteiger partial charge in [0, 0.05) is 19.2 Å². The van der Waals surface area contributed by atoms with Gasteiger partial charge in [0.25, 0.3) is 0 Å². The van der Waals surface area contributed by atoms with Crippen molar-refractivity contribution in [3.05, 3.63) is 0 Å². The lowest BCUT2D eigenvalue weighted by atomic mass is 10.0. The van der Waals surface area contributed by atoms with Crippen molar-refractivity contribution in [2.45, 2.75) is 32.2 Å². The molecule has 1 fully saturated rings. The molecule has 0 amide bonds. The highest BCUT2D eigenvalue weighted by atomic mass is 16.4. The second kappa shape index (κ2) is 5.32. The first-order valence-corrected chi connectivity index (χ1v) is 5.22. The maximum atomic E-state index is 10.6. The lowest BCUT2D eigenvalue weighted by Gasteiger charge is -2.20. The fraction of sp³-hybridized carbons (Fsp3) is 0.900. The molecule has 4 nitrogen and oxygen atoms in total. The predicted octanol–water partition coefficient (Wildman–Crippen LogP) is 0.458. The van der Waals surface area contributed by atoms with Crippen molar-refractivity contribution >= 4 is 5.97 Å². The van der Waals surface area contributed by atoms with Crippen molar-refractivity contribution in [2.75, 3.05) is 13.2 Å². The summed E-state index contributed by atoms with van der Waals surface area (Å²) in [6.07, 6.45) is 3.23. The fourth-order valence-corrected chi connectivity index (χ4v) is 1.94. The van der Waals surface area contributed by atoms with Crippen LogP contribution in [-0.4, -0.2) is 35.4 Å². The molecule has 0 aromatic heterocycles. The number of aliphatic hydroxyl groups is 1. The van der Waals surface area contributed by atoms with Crippen molar-refractivity contribution in [2.24, 2.45) is 11.8 Å². The van der Waals surface area contributed by atoms with Gasteiger partial charge in [0.1, 0.15) is 0 Å². The van der Waals surface area contributed by atoms with Gasteiger partial charge in [-0.25, -0.2) is 0 Å². The van der Waals surface area contributed by atoms with E-state index in [-0.39, 0.29) is 12.5 Å². The molecule has 1 saturated carbocycles. The van der Waals surface area contributed by atoms with Gasteiger partial charge < -0.3 is 15.5 Å². The minimum absolute atomic E-state index is 0.207. The van der Waals surface area contributed by atoms with Crippen LogP contribution in [0.5, 0.6) is 0 Å². The Balaban J connectivity index is 2.26. The summed E-state index contributed by atoms with van der Waals surface area (Å²) >= 11 is 0. The molecule has 0 aliphatic heterocycles. The van der Waals surface area contributed by atoms with Crippen LogP contribution in [0.3, 0.4) is 0 Å². The van der Waals surface area contributed by atoms with Crippen molar-refractivity contribution < 1.29 is 15.0 Å². The molecule has 0 bridgehead atoms. The van der Waals surface area contributed by atoms with Gasteiger partial charge in [-0.3, -0.25) is 4.79 Å². The molecule has 0 aromatic rings. The van der Waals surface area contributed by atoms with Gasteiger partial charge in [0.15, 0.2) is 0 Å². The van der Waals surface area contributed by atoms with E-state index in [4.69, 9.17) is 10.2 Å². The minimum Gasteiger partial charge on any atom is -0.481 e. The van der Waals surface area contributed by atoms with E-state index in [2.05, 4.69) is 5.32 Å². The molecule has 3 atom stereocenters. The van der Waals surface area contributed by atoms with E-state index in [1.54, 1.807) is 6.92 Å². The van der Waals surface area contributed by atoms with E-state index in [0.717, 1.165) is 19.3 Å². The number of carbonyl (C=O) groups is 1. The Labute approximate surface area is 84.3 Å². The van der Waals surface area contributed by atoms with E-state index in [1.165, 1.54) is 0 Å². The summed E-state index contributed by atoms with van der Waals surface area (Å²) in [6.45, 7) is 2.40. The molecule has 0 spiro atoms. The topological polar surface area (TPSA) is 69.6 Å². The monoisotopic (exact) mass is 201 g/mol. The van der Waals surface area contributed by atoms with E-state index in [0.29, 0.717) is 18.5 Å². The highest BCUT2D eigenvalue weighted by molar-refractivity contribution is 5.69. The number of rotatable bonds is 5. The first-order valence-electron chi connectivity index (χ1n) is 5.22. The average Bonchev–Trinajstić information content (AvgIpc) is 2.60. The Morgan fingerprint density at radius 2 is 2.29 bits per heavy atom. The molecule has 0 radical (unpaired) electrons. The van der Waals surface area contributed by atoms with Crippen molar-refractivity contribution in [1.29, 1.82) is 0 Å². The van der Waals surface area contributed by atoms with Crippen LogP contribution in [0.1, 0.15) is 26.2 Å². The Kier molecular flexibility index (Phi) is 4.35. The molecule has 1 aliphatic rings. The van der Waals surface area contributed by atoms with Gasteiger partial charge in [0.2, 0.25) is 0 Å². The second-order valence-corrected chi connectivity index (χ2v) is 4.13. The molecule has 0 aromatic carbocycles. The Hall–Kier alpha value is -0.610. The molecular formula is C10H19NO3. The zero-order valence-corrected chi connectivity index (χ0v) is 8.57. The van der Waals surface area contributed by atoms with Crippen LogP contribution < -0.4 is 5.32 Å². The second-order valence-electron chi connectivity index (χ2n) is 4.13. The number of aliphatic carboxylic acids is 1. The Morgan fingerprint density at radius 1 is 1.57 bits per heavy atom. The summed E-state index contributed by atoms with van der Waals surface area (Å²) in [5.74, 6) is -0.804. The molecule has 0 saturated heterocycles. The summed E-state index contributed by atoms with van der Waals surface area (Å²) in [5, 5.41) is 21.0. The van der Waals surface area contributed by atoms with Crippen LogP contribution in [-0.2, 0) is 4.79 Å². The van der Waals surface area contributed by atoms with Gasteiger partial charge in [-0.2, -0.15) is 0 Å². The third-order valence-corrected chi connectivity index (χ3v) is 3.00. The molecule has 3 unspecified atom stereocenters. The largest absolute Gasteiger partial charge is 0.481 e. The number of aliphatic hydroxyl groups excluding tert-OH is 1. The standard InChI is InChI=1S/C10H19NO3/c1-7(10(13)14)5-11-9-4-2-3-8(9)6-12/h7-9,11-12H,2-6H2,1H3,(H,13,14). The van der Waals surface area contributed by atoms with E-state index in [9.17, 15) is 4.79 Å². The van der Waals surface area contributed by atoms with Crippen molar-refractivity contribution in [3.8, 4) is 0 Å². The van der Waals surface area contributed by atoms with E-state index < -0.39 is 5.97 Å². The molecule has 3 N–H and O–H groups in total. The molecule has 0 heterocycles. The van der Waals surface area contributed by atoms with Crippen LogP contribution in [0.2, 0.25) is 0 Å². The normalized spacial score (nSPS) is 29.0. The lowest BCUT2D eigenvalue weighted by molar-refractivity contribution is -0.141. The molecule has 1 rings (SSSR count). The van der Waals surface area contributed by atoms with Crippen LogP contribution in [0.25, 0.3) is 0 Å². The third-order valence-electron chi connectivity index (χ3n) is 3.00. The quantitative estimate of drug-likeness (QED) is 0.604. The molecular weight excluding hydrogens is 182 g/mol. The maximum absolute atomic E-state index is 10.6. The summed E-state index contributed by atoms with van der Waals surface area (Å²) < 4.78 is 0. The summed E-state index contributed by atoms with van der Waals surface area (Å²) in [7, 11) is 0. The van der Waals surface area contributed by atoms with E-state index in [1.807, 2.05) is 0 Å². The highest BCUT2D eigenvalue weighted by Gasteiger charge is 2.26. The third kappa shape index (κ3) is 2.96. The average molecular weight is 201 g/mol. The van der Waals surface area contributed by atoms with Gasteiger partial charge in [0.05, 0.1) is 5.92 Å². The molecule has 82 valence electrons. The Morgan fingerprint density at radius 3 is 2.86 bits per heavy atom. The lowest BCUT2D eigenvalue weighted by Crippen LogP contribution is -2.38. The van der Waals surface area contributed by atoms with Gasteiger partial charge >= 0.3 is 5.97 Å². The highest BCUT2D eigenvalue weighted by Crippen LogP contribution is 2.24. The van der Waals surface area contributed by atoms with Crippen LogP contribution in [0.4, 0.5) is 0 Å². The van der Waals surface area contributed by atoms with Gasteiger partial charge in [-0.1, -0.05) is 13.3 Å². The van der Waals surface area contributed by atoms with Gasteiger partial charge in [-0.15, -0.1) is 0 Å². The first kappa shape index (κ1) is 11.5. The molecule has 4 heteroatoms. The van der Waals surface area contributed by atoms with Crippen molar-refractivity contribution in [3.63, 3.8) is 0 Å². The maximum Gasteiger partial charge on any atom is 0.307 e. The smallest absolute Gasteiger partial charge is 0.307 e. The zero-order chi connectivity index (χ0) is 10.6. The number of hydrogen-bond acceptors (Lipinski definition) is 3. The molecule has 14 heavy (non-hydrogen) atoms. The first-order chi connectivity index (χ1) is 6.65. The Bertz CT molecular complexity index is 196. The summed E-state index contributed by atoms with van der Waals surface area (Å²) in [5.41, 5.74) is 0. The summed E-state index contributed by atoms with van der Waals surface area (Å²) in [6, 6.07) is 0.307. The number of hydrogen-bond donors (Lipinski definition) is 3. The summed E-state index contributed by atoms with van der Waals surface area (Å²) in [4.78, 5) is 10.6. The fourth-order valence-electron chi connectivity index (χ4n) is 1.94. The SMILES string of the molecule is CC(CNC1CCCC1CO)C(=O)O. The number of nitrogens with one attached hydrogen (secondary N) is 1. The molecule has 1 aliphatic carbocycles. The van der Waals surface area contributed by atoms with E-state index >= 15 is 0 Å². The predicted molar refractivity (Wildman–Crippen MR) is 53.0 cm³/mol.